The van der Waals surface area contributed by atoms with E-state index in [4.69, 9.17) is 10.2 Å². The Morgan fingerprint density at radius 2 is 1.23 bits per heavy atom. The lowest BCUT2D eigenvalue weighted by Gasteiger charge is -2.38. The molecular formula is C28H61FO2. The Morgan fingerprint density at radius 1 is 0.935 bits per heavy atom. The molecule has 0 saturated heterocycles. The van der Waals surface area contributed by atoms with Gasteiger partial charge in [0.2, 0.25) is 0 Å². The number of unbranched alkanes of at least 4 members (excludes halogenated alkanes) is 1. The fourth-order valence-electron chi connectivity index (χ4n) is 2.08. The van der Waals surface area contributed by atoms with Gasteiger partial charge in [0.1, 0.15) is 0 Å². The van der Waals surface area contributed by atoms with Crippen molar-refractivity contribution >= 4 is 0 Å². The summed E-state index contributed by atoms with van der Waals surface area (Å²) in [6.07, 6.45) is 13.3. The first-order valence-corrected chi connectivity index (χ1v) is 12.2. The van der Waals surface area contributed by atoms with Crippen molar-refractivity contribution in [2.75, 3.05) is 0 Å². The SMILES string of the molecule is C#CC.C=CC.CC(O)C(C)O.CC1CC(C)C1C.CCCC.CCCC(C)CC.F. The van der Waals surface area contributed by atoms with Crippen molar-refractivity contribution in [3.05, 3.63) is 12.7 Å². The summed E-state index contributed by atoms with van der Waals surface area (Å²) in [5.41, 5.74) is 0. The quantitative estimate of drug-likeness (QED) is 0.326. The van der Waals surface area contributed by atoms with Crippen molar-refractivity contribution in [1.82, 2.24) is 0 Å². The zero-order chi connectivity index (χ0) is 25.1. The van der Waals surface area contributed by atoms with Crippen molar-refractivity contribution in [2.45, 2.75) is 134 Å². The zero-order valence-electron chi connectivity index (χ0n) is 23.4. The summed E-state index contributed by atoms with van der Waals surface area (Å²) >= 11 is 0. The van der Waals surface area contributed by atoms with Crippen molar-refractivity contribution in [2.24, 2.45) is 23.7 Å². The Balaban J connectivity index is -0.0000000622. The van der Waals surface area contributed by atoms with Gasteiger partial charge in [-0.25, -0.2) is 0 Å². The van der Waals surface area contributed by atoms with Gasteiger partial charge in [-0.3, -0.25) is 4.70 Å². The number of rotatable bonds is 5. The number of terminal acetylenes is 1. The van der Waals surface area contributed by atoms with Crippen LogP contribution in [0.4, 0.5) is 4.70 Å². The zero-order valence-corrected chi connectivity index (χ0v) is 23.4. The summed E-state index contributed by atoms with van der Waals surface area (Å²) in [7, 11) is 0. The molecule has 2 nitrogen and oxygen atoms in total. The summed E-state index contributed by atoms with van der Waals surface area (Å²) < 4.78 is 0. The van der Waals surface area contributed by atoms with E-state index in [-0.39, 0.29) is 4.70 Å². The molecular weight excluding hydrogens is 387 g/mol. The standard InChI is InChI=1S/C7H14.C7H16.C4H10O2.C4H10.C3H6.C3H4.FH/c1-5-4-6(2)7(5)3;1-4-6-7(3)5-2;1-3(5)4(2)6;1-3-4-2;2*1-3-2;/h5-7H,4H2,1-3H3;7H,4-6H2,1-3H3;3-6H,1-2H3;3-4H2,1-2H3;3H,1H2,2H3;1H,2H3;1H. The first-order chi connectivity index (χ1) is 13.9. The van der Waals surface area contributed by atoms with E-state index in [1.165, 1.54) is 38.5 Å². The van der Waals surface area contributed by atoms with Crippen LogP contribution in [-0.2, 0) is 0 Å². The van der Waals surface area contributed by atoms with Gasteiger partial charge in [-0.15, -0.1) is 18.9 Å². The summed E-state index contributed by atoms with van der Waals surface area (Å²) in [5.74, 6) is 6.22. The molecule has 0 heterocycles. The minimum absolute atomic E-state index is 0. The maximum atomic E-state index is 8.38. The van der Waals surface area contributed by atoms with Crippen LogP contribution in [0.2, 0.25) is 0 Å². The molecule has 0 aliphatic heterocycles. The number of hydrogen-bond donors (Lipinski definition) is 2. The fraction of sp³-hybridized carbons (Fsp3) is 0.857. The van der Waals surface area contributed by atoms with Gasteiger partial charge in [-0.05, 0) is 57.8 Å². The summed E-state index contributed by atoms with van der Waals surface area (Å²) in [4.78, 5) is 0. The Hall–Kier alpha value is -0.850. The van der Waals surface area contributed by atoms with Crippen molar-refractivity contribution in [3.8, 4) is 12.3 Å². The molecule has 0 radical (unpaired) electrons. The monoisotopic (exact) mass is 448 g/mol. The van der Waals surface area contributed by atoms with E-state index >= 15 is 0 Å². The molecule has 0 spiro atoms. The first-order valence-electron chi connectivity index (χ1n) is 12.2. The molecule has 0 aromatic heterocycles. The molecule has 3 heteroatoms. The second-order valence-electron chi connectivity index (χ2n) is 8.53. The van der Waals surface area contributed by atoms with Gasteiger partial charge in [-0.2, -0.15) is 0 Å². The van der Waals surface area contributed by atoms with E-state index in [2.05, 4.69) is 74.3 Å². The van der Waals surface area contributed by atoms with Crippen LogP contribution in [0.25, 0.3) is 0 Å². The predicted molar refractivity (Wildman–Crippen MR) is 143 cm³/mol. The smallest absolute Gasteiger partial charge is 0.0768 e. The van der Waals surface area contributed by atoms with E-state index in [0.717, 1.165) is 23.7 Å². The largest absolute Gasteiger partial charge is 0.391 e. The molecule has 0 amide bonds. The summed E-state index contributed by atoms with van der Waals surface area (Å²) in [5, 5.41) is 16.8. The highest BCUT2D eigenvalue weighted by atomic mass is 19.0. The third-order valence-corrected chi connectivity index (χ3v) is 5.22. The number of allylic oxidation sites excluding steroid dienone is 1. The number of halogens is 1. The Labute approximate surface area is 197 Å². The van der Waals surface area contributed by atoms with Crippen LogP contribution in [-0.4, -0.2) is 22.4 Å². The van der Waals surface area contributed by atoms with Gasteiger partial charge >= 0.3 is 0 Å². The third kappa shape index (κ3) is 48.0. The molecule has 5 unspecified atom stereocenters. The molecule has 1 aliphatic carbocycles. The van der Waals surface area contributed by atoms with Gasteiger partial charge < -0.3 is 10.2 Å². The first kappa shape index (κ1) is 43.9. The van der Waals surface area contributed by atoms with Crippen molar-refractivity contribution < 1.29 is 14.9 Å². The predicted octanol–water partition coefficient (Wildman–Crippen LogP) is 8.67. The highest BCUT2D eigenvalue weighted by molar-refractivity contribution is 4.79. The molecule has 31 heavy (non-hydrogen) atoms. The summed E-state index contributed by atoms with van der Waals surface area (Å²) in [6, 6.07) is 0. The Kier molecular flexibility index (Phi) is 51.7. The van der Waals surface area contributed by atoms with Gasteiger partial charge in [-0.1, -0.05) is 93.6 Å². The fourth-order valence-corrected chi connectivity index (χ4v) is 2.08. The van der Waals surface area contributed by atoms with Crippen LogP contribution < -0.4 is 0 Å². The van der Waals surface area contributed by atoms with Gasteiger partial charge in [0, 0.05) is 0 Å². The average Bonchev–Trinajstić information content (AvgIpc) is 2.70. The summed E-state index contributed by atoms with van der Waals surface area (Å²) in [6.45, 7) is 28.2. The number of hydrogen-bond acceptors (Lipinski definition) is 2. The molecule has 1 saturated carbocycles. The lowest BCUT2D eigenvalue weighted by Crippen LogP contribution is -2.29. The Morgan fingerprint density at radius 3 is 1.26 bits per heavy atom. The maximum absolute atomic E-state index is 8.38. The highest BCUT2D eigenvalue weighted by Crippen LogP contribution is 2.38. The molecule has 5 atom stereocenters. The second-order valence-corrected chi connectivity index (χ2v) is 8.53. The molecule has 0 aromatic carbocycles. The van der Waals surface area contributed by atoms with Crippen LogP contribution >= 0.6 is 0 Å². The van der Waals surface area contributed by atoms with Gasteiger partial charge in [0.15, 0.2) is 0 Å². The third-order valence-electron chi connectivity index (χ3n) is 5.22. The van der Waals surface area contributed by atoms with Gasteiger partial charge in [0.05, 0.1) is 12.2 Å². The van der Waals surface area contributed by atoms with Crippen LogP contribution in [0.15, 0.2) is 12.7 Å². The molecule has 1 aliphatic rings. The van der Waals surface area contributed by atoms with Crippen LogP contribution in [0.3, 0.4) is 0 Å². The normalized spacial score (nSPS) is 20.2. The van der Waals surface area contributed by atoms with E-state index in [1.54, 1.807) is 26.8 Å². The lowest BCUT2D eigenvalue weighted by atomic mass is 9.68. The molecule has 2 N–H and O–H groups in total. The van der Waals surface area contributed by atoms with Gasteiger partial charge in [0.25, 0.3) is 0 Å². The second kappa shape index (κ2) is 36.5. The van der Waals surface area contributed by atoms with E-state index < -0.39 is 12.2 Å². The molecule has 0 aromatic rings. The van der Waals surface area contributed by atoms with Crippen molar-refractivity contribution in [3.63, 3.8) is 0 Å². The van der Waals surface area contributed by atoms with E-state index in [1.807, 2.05) is 6.92 Å². The molecule has 1 fully saturated rings. The topological polar surface area (TPSA) is 40.5 Å². The van der Waals surface area contributed by atoms with E-state index in [9.17, 15) is 0 Å². The highest BCUT2D eigenvalue weighted by Gasteiger charge is 2.29. The molecule has 192 valence electrons. The molecule has 0 bridgehead atoms. The van der Waals surface area contributed by atoms with Crippen molar-refractivity contribution in [1.29, 1.82) is 0 Å². The van der Waals surface area contributed by atoms with Crippen LogP contribution in [0, 0.1) is 36.0 Å². The molecule has 1 rings (SSSR count). The maximum Gasteiger partial charge on any atom is 0.0768 e. The minimum Gasteiger partial charge on any atom is -0.391 e. The Bertz CT molecular complexity index is 316. The van der Waals surface area contributed by atoms with Crippen LogP contribution in [0.1, 0.15) is 122 Å². The number of aliphatic hydroxyl groups is 2. The average molecular weight is 449 g/mol. The lowest BCUT2D eigenvalue weighted by molar-refractivity contribution is 0.0438. The minimum atomic E-state index is -0.593. The number of aliphatic hydroxyl groups excluding tert-OH is 2. The van der Waals surface area contributed by atoms with Crippen LogP contribution in [0.5, 0.6) is 0 Å². The van der Waals surface area contributed by atoms with E-state index in [0.29, 0.717) is 0 Å².